The van der Waals surface area contributed by atoms with Crippen LogP contribution in [0, 0.1) is 0 Å². The molecule has 0 spiro atoms. The first-order valence-electron chi connectivity index (χ1n) is 12.4. The second kappa shape index (κ2) is 11.8. The summed E-state index contributed by atoms with van der Waals surface area (Å²) in [5, 5.41) is -0.256. The Kier molecular flexibility index (Phi) is 9.20. The maximum Gasteiger partial charge on any atom is 0.509 e. The maximum atomic E-state index is 13.2. The van der Waals surface area contributed by atoms with E-state index >= 15 is 0 Å². The number of carbonyl (C=O) groups is 3. The third-order valence-corrected chi connectivity index (χ3v) is 6.54. The van der Waals surface area contributed by atoms with Gasteiger partial charge in [0.05, 0.1) is 17.5 Å². The van der Waals surface area contributed by atoms with Crippen molar-refractivity contribution in [3.8, 4) is 10.4 Å². The molecule has 3 rings (SSSR count). The van der Waals surface area contributed by atoms with Crippen LogP contribution in [-0.4, -0.2) is 64.1 Å². The lowest BCUT2D eigenvalue weighted by atomic mass is 9.99. The number of ether oxygens (including phenoxy) is 4. The molecule has 1 fully saturated rings. The zero-order valence-corrected chi connectivity index (χ0v) is 23.8. The molecule has 12 heteroatoms. The molecule has 2 aromatic rings. The molecular formula is C27H34F2N2O7S. The van der Waals surface area contributed by atoms with E-state index in [1.54, 1.807) is 65.8 Å². The highest BCUT2D eigenvalue weighted by Crippen LogP contribution is 2.33. The summed E-state index contributed by atoms with van der Waals surface area (Å²) in [6, 6.07) is 6.38. The molecule has 1 amide bonds. The van der Waals surface area contributed by atoms with Crippen molar-refractivity contribution < 1.29 is 42.1 Å². The third kappa shape index (κ3) is 8.61. The number of aromatic nitrogens is 1. The van der Waals surface area contributed by atoms with E-state index < -0.39 is 54.1 Å². The van der Waals surface area contributed by atoms with Gasteiger partial charge in [-0.25, -0.2) is 23.4 Å². The monoisotopic (exact) mass is 568 g/mol. The van der Waals surface area contributed by atoms with Gasteiger partial charge >= 0.3 is 18.2 Å². The molecule has 0 unspecified atom stereocenters. The number of carbonyl (C=O) groups excluding carboxylic acids is 3. The molecule has 1 aliphatic rings. The second-order valence-corrected chi connectivity index (χ2v) is 12.2. The van der Waals surface area contributed by atoms with Gasteiger partial charge in [-0.2, -0.15) is 0 Å². The van der Waals surface area contributed by atoms with Crippen LogP contribution >= 0.6 is 11.3 Å². The van der Waals surface area contributed by atoms with Gasteiger partial charge in [-0.3, -0.25) is 9.69 Å². The number of rotatable bonds is 6. The first-order valence-corrected chi connectivity index (χ1v) is 13.2. The summed E-state index contributed by atoms with van der Waals surface area (Å²) in [5.41, 5.74) is -0.129. The fourth-order valence-corrected chi connectivity index (χ4v) is 4.81. The van der Waals surface area contributed by atoms with Crippen molar-refractivity contribution in [2.45, 2.75) is 90.8 Å². The number of halogens is 2. The number of benzene rings is 1. The third-order valence-electron chi connectivity index (χ3n) is 5.48. The quantitative estimate of drug-likeness (QED) is 0.301. The van der Waals surface area contributed by atoms with Crippen LogP contribution in [0.1, 0.15) is 65.5 Å². The minimum Gasteiger partial charge on any atom is -0.456 e. The number of alkyl halides is 2. The Labute approximate surface area is 230 Å². The van der Waals surface area contributed by atoms with Crippen molar-refractivity contribution in [1.29, 1.82) is 0 Å². The molecule has 1 aromatic carbocycles. The van der Waals surface area contributed by atoms with Gasteiger partial charge < -0.3 is 18.9 Å². The predicted octanol–water partition coefficient (Wildman–Crippen LogP) is 6.16. The number of esters is 1. The van der Waals surface area contributed by atoms with Crippen LogP contribution in [0.4, 0.5) is 18.4 Å². The Hall–Kier alpha value is -3.28. The molecule has 0 N–H and O–H groups in total. The average Bonchev–Trinajstić information content (AvgIpc) is 3.38. The molecule has 9 nitrogen and oxygen atoms in total. The molecule has 1 saturated heterocycles. The molecule has 2 heterocycles. The first-order chi connectivity index (χ1) is 18.0. The summed E-state index contributed by atoms with van der Waals surface area (Å²) in [5.74, 6) is -0.607. The lowest BCUT2D eigenvalue weighted by Gasteiger charge is -2.30. The van der Waals surface area contributed by atoms with Gasteiger partial charge in [0.1, 0.15) is 11.2 Å². The molecule has 0 saturated carbocycles. The van der Waals surface area contributed by atoms with E-state index in [1.165, 1.54) is 18.0 Å². The number of hydrogen-bond donors (Lipinski definition) is 0. The van der Waals surface area contributed by atoms with Gasteiger partial charge in [-0.05, 0) is 59.1 Å². The van der Waals surface area contributed by atoms with Gasteiger partial charge in [-0.1, -0.05) is 24.3 Å². The molecule has 0 aliphatic carbocycles. The number of nitrogens with zero attached hydrogens (tertiary/aromatic N) is 2. The minimum absolute atomic E-state index is 0.0773. The van der Waals surface area contributed by atoms with Crippen molar-refractivity contribution >= 4 is 29.6 Å². The fraction of sp³-hybridized carbons (Fsp3) is 0.556. The standard InChI is InChI=1S/C27H34F2N2O7S/c1-15(32)35-21-18(12-16-8-10-17(11-9-16)20-13-30-23(39-20)22(28)29)31(24(33)37-26(2,3)4)14-19(21)36-25(34)38-27(5,6)7/h8-11,13,18-19,21-22H,12,14H2,1-7H3/t18-,19+,21+/m1/s1. The van der Waals surface area contributed by atoms with Crippen molar-refractivity contribution in [3.63, 3.8) is 0 Å². The van der Waals surface area contributed by atoms with Crippen LogP contribution in [-0.2, 0) is 30.2 Å². The van der Waals surface area contributed by atoms with Crippen LogP contribution in [0.3, 0.4) is 0 Å². The lowest BCUT2D eigenvalue weighted by molar-refractivity contribution is -0.153. The van der Waals surface area contributed by atoms with Gasteiger partial charge in [0.25, 0.3) is 6.43 Å². The van der Waals surface area contributed by atoms with Crippen LogP contribution in [0.25, 0.3) is 10.4 Å². The van der Waals surface area contributed by atoms with Crippen LogP contribution in [0.5, 0.6) is 0 Å². The van der Waals surface area contributed by atoms with E-state index in [1.807, 2.05) is 0 Å². The molecule has 0 radical (unpaired) electrons. The summed E-state index contributed by atoms with van der Waals surface area (Å²) < 4.78 is 47.8. The van der Waals surface area contributed by atoms with Crippen molar-refractivity contribution in [1.82, 2.24) is 9.88 Å². The second-order valence-electron chi connectivity index (χ2n) is 11.2. The normalized spacial score (nSPS) is 19.6. The Balaban J connectivity index is 1.88. The molecule has 214 valence electrons. The summed E-state index contributed by atoms with van der Waals surface area (Å²) in [6.07, 6.45) is -4.60. The Bertz CT molecular complexity index is 1170. The predicted molar refractivity (Wildman–Crippen MR) is 140 cm³/mol. The SMILES string of the molecule is CC(=O)O[C@@H]1[C@@H](OC(=O)OC(C)(C)C)CN(C(=O)OC(C)(C)C)[C@@H]1Cc1ccc(-c2cnc(C(F)F)s2)cc1. The molecule has 1 aromatic heterocycles. The summed E-state index contributed by atoms with van der Waals surface area (Å²) in [6.45, 7) is 11.4. The van der Waals surface area contributed by atoms with E-state index in [2.05, 4.69) is 4.98 Å². The average molecular weight is 569 g/mol. The highest BCUT2D eigenvalue weighted by atomic mass is 32.1. The van der Waals surface area contributed by atoms with E-state index in [4.69, 9.17) is 18.9 Å². The van der Waals surface area contributed by atoms with Crippen molar-refractivity contribution in [2.24, 2.45) is 0 Å². The zero-order valence-electron chi connectivity index (χ0n) is 23.0. The first kappa shape index (κ1) is 30.3. The Morgan fingerprint density at radius 2 is 1.64 bits per heavy atom. The highest BCUT2D eigenvalue weighted by Gasteiger charge is 2.49. The van der Waals surface area contributed by atoms with Gasteiger partial charge in [-0.15, -0.1) is 11.3 Å². The van der Waals surface area contributed by atoms with Gasteiger partial charge in [0.2, 0.25) is 0 Å². The minimum atomic E-state index is -2.64. The molecule has 3 atom stereocenters. The van der Waals surface area contributed by atoms with Crippen LogP contribution in [0.2, 0.25) is 0 Å². The van der Waals surface area contributed by atoms with E-state index in [9.17, 15) is 23.2 Å². The largest absolute Gasteiger partial charge is 0.509 e. The van der Waals surface area contributed by atoms with Crippen LogP contribution < -0.4 is 0 Å². The summed E-state index contributed by atoms with van der Waals surface area (Å²) >= 11 is 0.911. The molecular weight excluding hydrogens is 534 g/mol. The number of hydrogen-bond acceptors (Lipinski definition) is 9. The van der Waals surface area contributed by atoms with Crippen LogP contribution in [0.15, 0.2) is 30.5 Å². The van der Waals surface area contributed by atoms with Gasteiger partial charge in [0.15, 0.2) is 17.2 Å². The summed E-state index contributed by atoms with van der Waals surface area (Å²) in [4.78, 5) is 43.4. The Morgan fingerprint density at radius 1 is 1.03 bits per heavy atom. The topological polar surface area (TPSA) is 104 Å². The van der Waals surface area contributed by atoms with Gasteiger partial charge in [0, 0.05) is 13.1 Å². The maximum absolute atomic E-state index is 13.2. The number of amides is 1. The fourth-order valence-electron chi connectivity index (χ4n) is 4.03. The highest BCUT2D eigenvalue weighted by molar-refractivity contribution is 7.15. The smallest absolute Gasteiger partial charge is 0.456 e. The number of likely N-dealkylation sites (tertiary alicyclic amines) is 1. The zero-order chi connectivity index (χ0) is 29.1. The van der Waals surface area contributed by atoms with Crippen molar-refractivity contribution in [3.05, 3.63) is 41.0 Å². The van der Waals surface area contributed by atoms with Crippen molar-refractivity contribution in [2.75, 3.05) is 6.54 Å². The van der Waals surface area contributed by atoms with E-state index in [0.29, 0.717) is 10.4 Å². The lowest BCUT2D eigenvalue weighted by Crippen LogP contribution is -2.45. The molecule has 0 bridgehead atoms. The number of thiazole rings is 1. The molecule has 1 aliphatic heterocycles. The van der Waals surface area contributed by atoms with E-state index in [-0.39, 0.29) is 18.0 Å². The molecule has 39 heavy (non-hydrogen) atoms. The van der Waals surface area contributed by atoms with E-state index in [0.717, 1.165) is 16.9 Å². The summed E-state index contributed by atoms with van der Waals surface area (Å²) in [7, 11) is 0. The Morgan fingerprint density at radius 3 is 2.15 bits per heavy atom.